The van der Waals surface area contributed by atoms with E-state index in [2.05, 4.69) is 62.9 Å². The Morgan fingerprint density at radius 1 is 1.56 bits per heavy atom. The first-order valence-corrected chi connectivity index (χ1v) is 19.6. The van der Waals surface area contributed by atoms with E-state index in [0.717, 1.165) is 0 Å². The third-order valence-electron chi connectivity index (χ3n) is 1.09. The topological polar surface area (TPSA) is 0 Å². The predicted molar refractivity (Wildman–Crippen MR) is 55.7 cm³/mol. The second-order valence-corrected chi connectivity index (χ2v) is 42.4. The Kier molecular flexibility index (Phi) is 3.21. The molecule has 1 rings (SSSR count). The molecule has 1 aliphatic rings. The fourth-order valence-electron chi connectivity index (χ4n) is 0.629. The van der Waals surface area contributed by atoms with Crippen LogP contribution in [0.25, 0.3) is 0 Å². The zero-order valence-corrected chi connectivity index (χ0v) is 11.7. The van der Waals surface area contributed by atoms with Crippen molar-refractivity contribution in [1.29, 1.82) is 0 Å². The van der Waals surface area contributed by atoms with Crippen LogP contribution < -0.4 is 0 Å². The number of hydrogen-bond acceptors (Lipinski definition) is 0. The summed E-state index contributed by atoms with van der Waals surface area (Å²) < 4.78 is 1.70. The van der Waals surface area contributed by atoms with Gasteiger partial charge in [0.05, 0.1) is 0 Å². The van der Waals surface area contributed by atoms with Gasteiger partial charge < -0.3 is 0 Å². The van der Waals surface area contributed by atoms with Crippen molar-refractivity contribution >= 4 is 39.2 Å². The van der Waals surface area contributed by atoms with Crippen molar-refractivity contribution < 1.29 is 8.12 Å². The summed E-state index contributed by atoms with van der Waals surface area (Å²) in [5.41, 5.74) is 2.42. The van der Waals surface area contributed by atoms with E-state index in [1.165, 1.54) is 6.42 Å². The molecule has 0 aliphatic heterocycles. The van der Waals surface area contributed by atoms with Crippen LogP contribution in [0.3, 0.4) is 0 Å². The summed E-state index contributed by atoms with van der Waals surface area (Å²) in [7, 11) is -1.44. The van der Waals surface area contributed by atoms with Crippen LogP contribution >= 0.6 is 39.2 Å². The number of hydrogen-bond donors (Lipinski definition) is 0. The molecule has 0 radical (unpaired) electrons. The van der Waals surface area contributed by atoms with Gasteiger partial charge in [-0.05, 0) is 0 Å². The van der Waals surface area contributed by atoms with Crippen molar-refractivity contribution in [2.24, 2.45) is 0 Å². The Morgan fingerprint density at radius 2 is 2.22 bits per heavy atom. The number of allylic oxidation sites excluding steroid dienone is 4. The number of halogens is 2. The average molecular weight is 526 g/mol. The molecule has 0 saturated heterocycles. The maximum atomic E-state index is 2.64. The van der Waals surface area contributed by atoms with Crippen molar-refractivity contribution in [3.05, 3.63) is 22.3 Å². The molecule has 0 spiro atoms. The molecule has 0 atom stereocenters. The molecule has 0 unspecified atom stereocenters. The van der Waals surface area contributed by atoms with Gasteiger partial charge >= 0.3 is 81.5 Å². The predicted octanol–water partition coefficient (Wildman–Crippen LogP) is 3.73. The average Bonchev–Trinajstić information content (AvgIpc) is 2.08. The zero-order chi connectivity index (χ0) is 6.91. The molecule has 0 aromatic rings. The molecule has 0 amide bonds. The van der Waals surface area contributed by atoms with Gasteiger partial charge in [-0.2, -0.15) is 0 Å². The van der Waals surface area contributed by atoms with Crippen LogP contribution in [0, 0.1) is 0 Å². The van der Waals surface area contributed by atoms with Gasteiger partial charge in [0.15, 0.2) is 0 Å². The Labute approximate surface area is 80.2 Å². The van der Waals surface area contributed by atoms with Crippen LogP contribution in [0.5, 0.6) is 0 Å². The minimum atomic E-state index is -1.44. The molecule has 0 N–H and O–H groups in total. The standard InChI is InChI=1S/C5H5.CH3.2HI.Ir/c1-2-4-5-3-1;;;;/h1-3H,4H2;1H3;2*1H;/q;;;;+2/p-2. The van der Waals surface area contributed by atoms with Gasteiger partial charge in [-0.25, -0.2) is 0 Å². The van der Waals surface area contributed by atoms with E-state index in [1.807, 2.05) is 0 Å². The Hall–Kier alpha value is 1.59. The minimum absolute atomic E-state index is 1.22. The second-order valence-electron chi connectivity index (χ2n) is 1.81. The van der Waals surface area contributed by atoms with Crippen molar-refractivity contribution in [3.8, 4) is 0 Å². The van der Waals surface area contributed by atoms with Crippen LogP contribution in [0.15, 0.2) is 22.3 Å². The van der Waals surface area contributed by atoms with Gasteiger partial charge in [0.1, 0.15) is 0 Å². The van der Waals surface area contributed by atoms with E-state index in [9.17, 15) is 0 Å². The Morgan fingerprint density at radius 3 is 2.44 bits per heavy atom. The molecule has 3 heteroatoms. The molecule has 9 heavy (non-hydrogen) atoms. The van der Waals surface area contributed by atoms with Crippen LogP contribution in [0.2, 0.25) is 5.44 Å². The monoisotopic (exact) mass is 527 g/mol. The van der Waals surface area contributed by atoms with Crippen molar-refractivity contribution in [2.75, 3.05) is 0 Å². The summed E-state index contributed by atoms with van der Waals surface area (Å²) in [6, 6.07) is 0. The molecule has 0 saturated carbocycles. The van der Waals surface area contributed by atoms with Crippen molar-refractivity contribution in [3.63, 3.8) is 0 Å². The van der Waals surface area contributed by atoms with Gasteiger partial charge in [-0.15, -0.1) is 0 Å². The first kappa shape index (κ1) is 8.68. The fourth-order valence-corrected chi connectivity index (χ4v) is 7.07. The third-order valence-corrected chi connectivity index (χ3v) is 12.2. The third kappa shape index (κ3) is 2.59. The first-order chi connectivity index (χ1) is 4.11. The van der Waals surface area contributed by atoms with Crippen LogP contribution in [0.1, 0.15) is 6.42 Å². The molecule has 0 aromatic heterocycles. The molecule has 0 heterocycles. The van der Waals surface area contributed by atoms with Crippen LogP contribution in [0.4, 0.5) is 0 Å². The summed E-state index contributed by atoms with van der Waals surface area (Å²) in [5.74, 6) is 0. The zero-order valence-electron chi connectivity index (χ0n) is 5.03. The molecule has 0 fully saturated rings. The normalized spacial score (nSPS) is 20.1. The molecular weight excluding hydrogens is 518 g/mol. The molecule has 0 nitrogen and oxygen atoms in total. The molecule has 0 aromatic carbocycles. The SMILES string of the molecule is [CH3][Ir]([I])([I])[C]1=CC=CC1. The van der Waals surface area contributed by atoms with Crippen molar-refractivity contribution in [1.82, 2.24) is 0 Å². The van der Waals surface area contributed by atoms with E-state index in [1.54, 1.807) is 4.09 Å². The maximum absolute atomic E-state index is 2.64. The van der Waals surface area contributed by atoms with Gasteiger partial charge in [0.2, 0.25) is 0 Å². The van der Waals surface area contributed by atoms with E-state index < -0.39 is 8.12 Å². The van der Waals surface area contributed by atoms with Crippen LogP contribution in [-0.2, 0) is 8.12 Å². The fraction of sp³-hybridized carbons (Fsp3) is 0.333. The van der Waals surface area contributed by atoms with Crippen molar-refractivity contribution in [2.45, 2.75) is 11.9 Å². The van der Waals surface area contributed by atoms with E-state index in [4.69, 9.17) is 0 Å². The summed E-state index contributed by atoms with van der Waals surface area (Å²) in [6.07, 6.45) is 7.94. The molecule has 0 bridgehead atoms. The van der Waals surface area contributed by atoms with E-state index >= 15 is 0 Å². The summed E-state index contributed by atoms with van der Waals surface area (Å²) in [5, 5.41) is 0. The molecule has 55 valence electrons. The molecular formula is C6H8I2Ir. The summed E-state index contributed by atoms with van der Waals surface area (Å²) >= 11 is 5.29. The first-order valence-electron chi connectivity index (χ1n) is 2.47. The van der Waals surface area contributed by atoms with Gasteiger partial charge in [0, 0.05) is 0 Å². The second kappa shape index (κ2) is 3.32. The summed E-state index contributed by atoms with van der Waals surface area (Å²) in [6.45, 7) is 0. The quantitative estimate of drug-likeness (QED) is 0.458. The molecule has 1 aliphatic carbocycles. The Bertz CT molecular complexity index is 164. The summed E-state index contributed by atoms with van der Waals surface area (Å²) in [4.78, 5) is 0. The van der Waals surface area contributed by atoms with Gasteiger partial charge in [0.25, 0.3) is 0 Å². The Balaban J connectivity index is 2.66. The van der Waals surface area contributed by atoms with Gasteiger partial charge in [-0.3, -0.25) is 0 Å². The number of rotatable bonds is 1. The van der Waals surface area contributed by atoms with E-state index in [-0.39, 0.29) is 0 Å². The van der Waals surface area contributed by atoms with E-state index in [0.29, 0.717) is 0 Å². The van der Waals surface area contributed by atoms with Crippen LogP contribution in [-0.4, -0.2) is 0 Å². The van der Waals surface area contributed by atoms with Gasteiger partial charge in [-0.1, -0.05) is 0 Å².